The van der Waals surface area contributed by atoms with E-state index in [1.807, 2.05) is 42.5 Å². The van der Waals surface area contributed by atoms with Crippen molar-refractivity contribution >= 4 is 56.9 Å². The van der Waals surface area contributed by atoms with Crippen molar-refractivity contribution < 1.29 is 14.4 Å². The molecule has 2 atom stereocenters. The predicted octanol–water partition coefficient (Wildman–Crippen LogP) is 5.61. The number of anilines is 1. The molecule has 3 amide bonds. The van der Waals surface area contributed by atoms with E-state index in [1.165, 1.54) is 4.57 Å². The van der Waals surface area contributed by atoms with Gasteiger partial charge in [-0.25, -0.2) is 9.97 Å². The van der Waals surface area contributed by atoms with Crippen LogP contribution in [0.4, 0.5) is 5.69 Å². The number of piperidine rings is 1. The standard InChI is InChI=1S/C36H31N5O4/c1-20-17-23(19-22-9-4-3-5-10-22)33-25(18-20)31(24-11-6-7-12-26(24)38-33)35(44)39-28-14-8-13-27-32(28)36(45)41(21(2)37-27)29-15-16-30(42)40-34(29)43/h3-14,19-20,29H,15-18H2,1-2H3,(H,39,44)(H,40,42,43). The summed E-state index contributed by atoms with van der Waals surface area (Å²) in [6, 6.07) is 22.0. The van der Waals surface area contributed by atoms with Crippen LogP contribution in [0.1, 0.15) is 65.2 Å². The summed E-state index contributed by atoms with van der Waals surface area (Å²) in [6.07, 6.45) is 3.98. The summed E-state index contributed by atoms with van der Waals surface area (Å²) >= 11 is 0. The minimum atomic E-state index is -0.872. The van der Waals surface area contributed by atoms with Gasteiger partial charge in [0.25, 0.3) is 11.5 Å². The van der Waals surface area contributed by atoms with Crippen molar-refractivity contribution in [1.82, 2.24) is 19.9 Å². The number of aromatic nitrogens is 3. The molecular formula is C36H31N5O4. The number of nitrogens with zero attached hydrogens (tertiary/aromatic N) is 3. The summed E-state index contributed by atoms with van der Waals surface area (Å²) in [7, 11) is 0. The van der Waals surface area contributed by atoms with E-state index in [-0.39, 0.29) is 36.0 Å². The Morgan fingerprint density at radius 2 is 1.69 bits per heavy atom. The van der Waals surface area contributed by atoms with Gasteiger partial charge in [0.05, 0.1) is 33.4 Å². The van der Waals surface area contributed by atoms with Gasteiger partial charge in [0.15, 0.2) is 0 Å². The summed E-state index contributed by atoms with van der Waals surface area (Å²) in [6.45, 7) is 3.84. The second kappa shape index (κ2) is 11.2. The number of carbonyl (C=O) groups is 3. The minimum absolute atomic E-state index is 0.123. The van der Waals surface area contributed by atoms with Crippen molar-refractivity contribution in [2.24, 2.45) is 5.92 Å². The van der Waals surface area contributed by atoms with Gasteiger partial charge in [-0.1, -0.05) is 61.5 Å². The van der Waals surface area contributed by atoms with Gasteiger partial charge in [-0.3, -0.25) is 29.1 Å². The molecule has 0 radical (unpaired) electrons. The van der Waals surface area contributed by atoms with Gasteiger partial charge in [-0.05, 0) is 73.1 Å². The molecule has 1 aliphatic carbocycles. The molecular weight excluding hydrogens is 566 g/mol. The third kappa shape index (κ3) is 5.10. The SMILES string of the molecule is Cc1nc2cccc(NC(=O)c3c4c(nc5ccccc35)C(=Cc3ccccc3)CC(C)C4)c2c(=O)n1C1CCC(=O)NC1=O. The van der Waals surface area contributed by atoms with Crippen molar-refractivity contribution in [3.8, 4) is 0 Å². The lowest BCUT2D eigenvalue weighted by molar-refractivity contribution is -0.135. The molecule has 2 aromatic heterocycles. The Balaban J connectivity index is 1.36. The van der Waals surface area contributed by atoms with Crippen molar-refractivity contribution in [2.75, 3.05) is 5.32 Å². The first-order chi connectivity index (χ1) is 21.8. The Morgan fingerprint density at radius 1 is 0.933 bits per heavy atom. The number of fused-ring (bicyclic) bond motifs is 3. The van der Waals surface area contributed by atoms with E-state index >= 15 is 0 Å². The molecule has 2 unspecified atom stereocenters. The van der Waals surface area contributed by atoms with E-state index in [0.29, 0.717) is 34.5 Å². The number of imide groups is 1. The average Bonchev–Trinajstić information content (AvgIpc) is 3.01. The summed E-state index contributed by atoms with van der Waals surface area (Å²) in [4.78, 5) is 62.6. The third-order valence-corrected chi connectivity index (χ3v) is 8.66. The van der Waals surface area contributed by atoms with Crippen LogP contribution in [-0.2, 0) is 16.0 Å². The molecule has 3 heterocycles. The van der Waals surface area contributed by atoms with Gasteiger partial charge in [0.2, 0.25) is 11.8 Å². The maximum atomic E-state index is 14.4. The number of para-hydroxylation sites is 1. The fourth-order valence-corrected chi connectivity index (χ4v) is 6.68. The molecule has 224 valence electrons. The first-order valence-corrected chi connectivity index (χ1v) is 15.1. The number of nitrogens with one attached hydrogen (secondary N) is 2. The quantitative estimate of drug-likeness (QED) is 0.260. The number of hydrogen-bond acceptors (Lipinski definition) is 6. The molecule has 7 rings (SSSR count). The van der Waals surface area contributed by atoms with E-state index in [1.54, 1.807) is 25.1 Å². The normalized spacial score (nSPS) is 19.0. The molecule has 1 fully saturated rings. The number of carbonyl (C=O) groups excluding carboxylic acids is 3. The van der Waals surface area contributed by atoms with Crippen molar-refractivity contribution in [2.45, 2.75) is 45.6 Å². The Hall–Kier alpha value is -5.44. The van der Waals surface area contributed by atoms with Gasteiger partial charge in [-0.2, -0.15) is 0 Å². The van der Waals surface area contributed by atoms with E-state index < -0.39 is 17.5 Å². The fourth-order valence-electron chi connectivity index (χ4n) is 6.68. The number of benzene rings is 3. The Kier molecular flexibility index (Phi) is 7.08. The van der Waals surface area contributed by atoms with Crippen LogP contribution in [0.3, 0.4) is 0 Å². The highest BCUT2D eigenvalue weighted by Crippen LogP contribution is 2.39. The molecule has 0 saturated carbocycles. The predicted molar refractivity (Wildman–Crippen MR) is 174 cm³/mol. The number of pyridine rings is 1. The van der Waals surface area contributed by atoms with Crippen molar-refractivity contribution in [1.29, 1.82) is 0 Å². The van der Waals surface area contributed by atoms with Gasteiger partial charge in [0.1, 0.15) is 11.9 Å². The van der Waals surface area contributed by atoms with Crippen LogP contribution in [0.5, 0.6) is 0 Å². The van der Waals surface area contributed by atoms with Crippen LogP contribution in [0.2, 0.25) is 0 Å². The van der Waals surface area contributed by atoms with Crippen LogP contribution in [-0.4, -0.2) is 32.3 Å². The zero-order chi connectivity index (χ0) is 31.2. The number of allylic oxidation sites excluding steroid dienone is 1. The Labute approximate surface area is 259 Å². The van der Waals surface area contributed by atoms with E-state index in [9.17, 15) is 19.2 Å². The average molecular weight is 598 g/mol. The Morgan fingerprint density at radius 3 is 2.49 bits per heavy atom. The van der Waals surface area contributed by atoms with E-state index in [2.05, 4.69) is 40.8 Å². The van der Waals surface area contributed by atoms with Gasteiger partial charge < -0.3 is 5.32 Å². The van der Waals surface area contributed by atoms with Crippen LogP contribution in [0.15, 0.2) is 77.6 Å². The zero-order valence-electron chi connectivity index (χ0n) is 25.0. The zero-order valence-corrected chi connectivity index (χ0v) is 25.0. The maximum absolute atomic E-state index is 14.4. The summed E-state index contributed by atoms with van der Waals surface area (Å²) in [5, 5.41) is 6.29. The topological polar surface area (TPSA) is 123 Å². The fraction of sp³-hybridized carbons (Fsp3) is 0.222. The minimum Gasteiger partial charge on any atom is -0.321 e. The number of rotatable bonds is 4. The van der Waals surface area contributed by atoms with E-state index in [4.69, 9.17) is 4.98 Å². The lowest BCUT2D eigenvalue weighted by Crippen LogP contribution is -2.45. The number of hydrogen-bond donors (Lipinski definition) is 2. The van der Waals surface area contributed by atoms with Crippen LogP contribution < -0.4 is 16.2 Å². The second-order valence-electron chi connectivity index (χ2n) is 11.9. The molecule has 2 N–H and O–H groups in total. The molecule has 0 bridgehead atoms. The van der Waals surface area contributed by atoms with Crippen molar-refractivity contribution in [3.05, 3.63) is 111 Å². The highest BCUT2D eigenvalue weighted by molar-refractivity contribution is 6.16. The first kappa shape index (κ1) is 28.3. The highest BCUT2D eigenvalue weighted by atomic mass is 16.2. The molecule has 9 nitrogen and oxygen atoms in total. The number of aryl methyl sites for hydroxylation is 1. The summed E-state index contributed by atoms with van der Waals surface area (Å²) in [5.74, 6) is -0.619. The molecule has 5 aromatic rings. The maximum Gasteiger partial charge on any atom is 0.264 e. The molecule has 1 aliphatic heterocycles. The molecule has 0 spiro atoms. The monoisotopic (exact) mass is 597 g/mol. The molecule has 45 heavy (non-hydrogen) atoms. The molecule has 9 heteroatoms. The molecule has 1 saturated heterocycles. The largest absolute Gasteiger partial charge is 0.321 e. The van der Waals surface area contributed by atoms with Gasteiger partial charge >= 0.3 is 0 Å². The lowest BCUT2D eigenvalue weighted by Gasteiger charge is -2.27. The summed E-state index contributed by atoms with van der Waals surface area (Å²) < 4.78 is 1.33. The van der Waals surface area contributed by atoms with E-state index in [0.717, 1.165) is 34.2 Å². The summed E-state index contributed by atoms with van der Waals surface area (Å²) in [5.41, 5.74) is 5.33. The first-order valence-electron chi connectivity index (χ1n) is 15.1. The third-order valence-electron chi connectivity index (χ3n) is 8.66. The van der Waals surface area contributed by atoms with Gasteiger partial charge in [-0.15, -0.1) is 0 Å². The van der Waals surface area contributed by atoms with Crippen molar-refractivity contribution in [3.63, 3.8) is 0 Å². The van der Waals surface area contributed by atoms with Crippen LogP contribution in [0, 0.1) is 12.8 Å². The van der Waals surface area contributed by atoms with Crippen LogP contribution in [0.25, 0.3) is 33.5 Å². The Bertz CT molecular complexity index is 2130. The molecule has 2 aliphatic rings. The number of amides is 3. The second-order valence-corrected chi connectivity index (χ2v) is 11.9. The van der Waals surface area contributed by atoms with Crippen LogP contribution >= 0.6 is 0 Å². The highest BCUT2D eigenvalue weighted by Gasteiger charge is 2.32. The molecule has 3 aromatic carbocycles. The lowest BCUT2D eigenvalue weighted by atomic mass is 9.80. The smallest absolute Gasteiger partial charge is 0.264 e. The van der Waals surface area contributed by atoms with Gasteiger partial charge in [0, 0.05) is 11.8 Å².